The minimum absolute atomic E-state index is 0.00372. The van der Waals surface area contributed by atoms with E-state index in [-0.39, 0.29) is 5.91 Å². The van der Waals surface area contributed by atoms with Crippen LogP contribution in [0.1, 0.15) is 60.9 Å². The first-order valence-corrected chi connectivity index (χ1v) is 8.26. The summed E-state index contributed by atoms with van der Waals surface area (Å²) in [6.07, 6.45) is 7.13. The molecule has 1 saturated carbocycles. The summed E-state index contributed by atoms with van der Waals surface area (Å²) in [6.45, 7) is 2.84. The molecule has 0 bridgehead atoms. The first-order chi connectivity index (χ1) is 10.3. The van der Waals surface area contributed by atoms with Crippen LogP contribution in [0.2, 0.25) is 0 Å². The van der Waals surface area contributed by atoms with Crippen LogP contribution in [0.5, 0.6) is 0 Å². The van der Waals surface area contributed by atoms with Gasteiger partial charge in [-0.1, -0.05) is 0 Å². The van der Waals surface area contributed by atoms with Crippen LogP contribution >= 0.6 is 0 Å². The monoisotopic (exact) mass is 289 g/mol. The van der Waals surface area contributed by atoms with E-state index < -0.39 is 0 Å². The van der Waals surface area contributed by atoms with Gasteiger partial charge < -0.3 is 10.2 Å². The van der Waals surface area contributed by atoms with E-state index in [1.54, 1.807) is 0 Å². The van der Waals surface area contributed by atoms with Gasteiger partial charge in [0.25, 0.3) is 5.91 Å². The van der Waals surface area contributed by atoms with E-state index in [4.69, 9.17) is 0 Å². The minimum Gasteiger partial charge on any atom is -0.336 e. The second-order valence-corrected chi connectivity index (χ2v) is 6.65. The lowest BCUT2D eigenvalue weighted by Gasteiger charge is -2.34. The van der Waals surface area contributed by atoms with Crippen molar-refractivity contribution in [2.24, 2.45) is 5.92 Å². The zero-order chi connectivity index (χ0) is 14.2. The smallest absolute Gasteiger partial charge is 0.293 e. The lowest BCUT2D eigenvalue weighted by molar-refractivity contribution is 0.0662. The summed E-state index contributed by atoms with van der Waals surface area (Å²) in [4.78, 5) is 18.7. The minimum atomic E-state index is -0.00372. The maximum atomic E-state index is 12.4. The average Bonchev–Trinajstić information content (AvgIpc) is 3.05. The molecule has 1 aliphatic carbocycles. The molecule has 1 atom stereocenters. The molecule has 2 aliphatic heterocycles. The van der Waals surface area contributed by atoms with E-state index in [1.807, 2.05) is 4.90 Å². The maximum absolute atomic E-state index is 12.4. The van der Waals surface area contributed by atoms with Crippen molar-refractivity contribution in [1.82, 2.24) is 25.4 Å². The normalized spacial score (nSPS) is 27.2. The van der Waals surface area contributed by atoms with E-state index >= 15 is 0 Å². The Hall–Kier alpha value is -1.43. The number of likely N-dealkylation sites (tertiary alicyclic amines) is 1. The molecule has 21 heavy (non-hydrogen) atoms. The summed E-state index contributed by atoms with van der Waals surface area (Å²) in [5, 5.41) is 10.6. The van der Waals surface area contributed by atoms with E-state index in [2.05, 4.69) is 20.5 Å². The third-order valence-corrected chi connectivity index (χ3v) is 5.15. The van der Waals surface area contributed by atoms with Crippen LogP contribution in [0.25, 0.3) is 0 Å². The van der Waals surface area contributed by atoms with Gasteiger partial charge in [0.1, 0.15) is 5.82 Å². The number of H-pyrrole nitrogens is 1. The molecular formula is C15H23N5O. The van der Waals surface area contributed by atoms with Gasteiger partial charge in [-0.3, -0.25) is 9.89 Å². The molecule has 0 spiro atoms. The van der Waals surface area contributed by atoms with Crippen LogP contribution in [-0.2, 0) is 0 Å². The number of hydrogen-bond donors (Lipinski definition) is 2. The quantitative estimate of drug-likeness (QED) is 0.879. The average molecular weight is 289 g/mol. The number of rotatable bonds is 3. The fraction of sp³-hybridized carbons (Fsp3) is 0.800. The van der Waals surface area contributed by atoms with E-state index in [0.717, 1.165) is 44.2 Å². The van der Waals surface area contributed by atoms with Gasteiger partial charge in [-0.15, -0.1) is 5.10 Å². The summed E-state index contributed by atoms with van der Waals surface area (Å²) in [7, 11) is 0. The van der Waals surface area contributed by atoms with Crippen molar-refractivity contribution in [3.8, 4) is 0 Å². The molecule has 2 N–H and O–H groups in total. The first-order valence-electron chi connectivity index (χ1n) is 8.26. The van der Waals surface area contributed by atoms with Crippen molar-refractivity contribution in [3.05, 3.63) is 11.6 Å². The highest BCUT2D eigenvalue weighted by atomic mass is 16.2. The molecule has 3 aliphatic rings. The SMILES string of the molecule is O=C(c1n[nH]c(C2CC2)n1)N1CCC(C2CCCN2)CC1. The number of amides is 1. The second-order valence-electron chi connectivity index (χ2n) is 6.65. The number of carbonyl (C=O) groups excluding carboxylic acids is 1. The number of piperidine rings is 1. The predicted molar refractivity (Wildman–Crippen MR) is 78.0 cm³/mol. The Morgan fingerprint density at radius 3 is 2.62 bits per heavy atom. The highest BCUT2D eigenvalue weighted by Gasteiger charge is 2.32. The van der Waals surface area contributed by atoms with Crippen molar-refractivity contribution in [1.29, 1.82) is 0 Å². The van der Waals surface area contributed by atoms with Crippen molar-refractivity contribution in [2.45, 2.75) is 50.5 Å². The largest absolute Gasteiger partial charge is 0.336 e. The van der Waals surface area contributed by atoms with Crippen LogP contribution < -0.4 is 5.32 Å². The van der Waals surface area contributed by atoms with Crippen LogP contribution in [0.3, 0.4) is 0 Å². The van der Waals surface area contributed by atoms with E-state index in [1.165, 1.54) is 25.7 Å². The Morgan fingerprint density at radius 2 is 1.95 bits per heavy atom. The lowest BCUT2D eigenvalue weighted by atomic mass is 9.88. The third kappa shape index (κ3) is 2.69. The van der Waals surface area contributed by atoms with Gasteiger partial charge in [-0.25, -0.2) is 4.98 Å². The second kappa shape index (κ2) is 5.40. The maximum Gasteiger partial charge on any atom is 0.293 e. The zero-order valence-corrected chi connectivity index (χ0v) is 12.3. The van der Waals surface area contributed by atoms with Crippen molar-refractivity contribution < 1.29 is 4.79 Å². The molecule has 3 fully saturated rings. The summed E-state index contributed by atoms with van der Waals surface area (Å²) in [5.41, 5.74) is 0. The summed E-state index contributed by atoms with van der Waals surface area (Å²) < 4.78 is 0. The molecule has 0 aromatic carbocycles. The summed E-state index contributed by atoms with van der Waals surface area (Å²) >= 11 is 0. The fourth-order valence-corrected chi connectivity index (χ4v) is 3.67. The van der Waals surface area contributed by atoms with Gasteiger partial charge in [0.05, 0.1) is 0 Å². The Kier molecular flexibility index (Phi) is 3.41. The van der Waals surface area contributed by atoms with E-state index in [9.17, 15) is 4.79 Å². The van der Waals surface area contributed by atoms with Gasteiger partial charge in [-0.05, 0) is 51.0 Å². The topological polar surface area (TPSA) is 73.9 Å². The van der Waals surface area contributed by atoms with Crippen LogP contribution in [0, 0.1) is 5.92 Å². The van der Waals surface area contributed by atoms with Crippen molar-refractivity contribution in [3.63, 3.8) is 0 Å². The number of aromatic amines is 1. The highest BCUT2D eigenvalue weighted by Crippen LogP contribution is 2.37. The first kappa shape index (κ1) is 13.2. The Labute approximate surface area is 124 Å². The number of aromatic nitrogens is 3. The number of nitrogens with one attached hydrogen (secondary N) is 2. The number of hydrogen-bond acceptors (Lipinski definition) is 4. The Bertz CT molecular complexity index is 510. The molecular weight excluding hydrogens is 266 g/mol. The molecule has 2 saturated heterocycles. The van der Waals surface area contributed by atoms with E-state index in [0.29, 0.717) is 17.8 Å². The third-order valence-electron chi connectivity index (χ3n) is 5.15. The van der Waals surface area contributed by atoms with Gasteiger partial charge >= 0.3 is 0 Å². The van der Waals surface area contributed by atoms with Crippen molar-refractivity contribution >= 4 is 5.91 Å². The summed E-state index contributed by atoms with van der Waals surface area (Å²) in [5.74, 6) is 2.48. The van der Waals surface area contributed by atoms with Crippen LogP contribution in [0.15, 0.2) is 0 Å². The van der Waals surface area contributed by atoms with Crippen LogP contribution in [0.4, 0.5) is 0 Å². The molecule has 1 aromatic heterocycles. The molecule has 1 amide bonds. The van der Waals surface area contributed by atoms with Crippen molar-refractivity contribution in [2.75, 3.05) is 19.6 Å². The summed E-state index contributed by atoms with van der Waals surface area (Å²) in [6, 6.07) is 0.673. The Morgan fingerprint density at radius 1 is 1.14 bits per heavy atom. The fourth-order valence-electron chi connectivity index (χ4n) is 3.67. The molecule has 1 unspecified atom stereocenters. The standard InChI is InChI=1S/C15H23N5O/c21-15(14-17-13(18-19-14)11-3-4-11)20-8-5-10(6-9-20)12-2-1-7-16-12/h10-12,16H,1-9H2,(H,17,18,19). The molecule has 0 radical (unpaired) electrons. The molecule has 6 heteroatoms. The molecule has 1 aromatic rings. The molecule has 6 nitrogen and oxygen atoms in total. The number of nitrogens with zero attached hydrogens (tertiary/aromatic N) is 3. The lowest BCUT2D eigenvalue weighted by Crippen LogP contribution is -2.43. The van der Waals surface area contributed by atoms with Crippen LogP contribution in [-0.4, -0.2) is 51.7 Å². The zero-order valence-electron chi connectivity index (χ0n) is 12.3. The van der Waals surface area contributed by atoms with Gasteiger partial charge in [0, 0.05) is 25.0 Å². The molecule has 114 valence electrons. The highest BCUT2D eigenvalue weighted by molar-refractivity contribution is 5.90. The molecule has 3 heterocycles. The van der Waals surface area contributed by atoms with Gasteiger partial charge in [0.15, 0.2) is 0 Å². The number of carbonyl (C=O) groups is 1. The molecule has 4 rings (SSSR count). The Balaban J connectivity index is 1.35. The van der Waals surface area contributed by atoms with Gasteiger partial charge in [-0.2, -0.15) is 0 Å². The predicted octanol–water partition coefficient (Wildman–Crippen LogP) is 1.29. The van der Waals surface area contributed by atoms with Gasteiger partial charge in [0.2, 0.25) is 5.82 Å².